The van der Waals surface area contributed by atoms with Gasteiger partial charge >= 0.3 is 5.97 Å². The highest BCUT2D eigenvalue weighted by Gasteiger charge is 2.35. The molecule has 19 heavy (non-hydrogen) atoms. The molecule has 4 nitrogen and oxygen atoms in total. The first-order valence-corrected chi connectivity index (χ1v) is 7.40. The van der Waals surface area contributed by atoms with Gasteiger partial charge in [0.1, 0.15) is 5.54 Å². The van der Waals surface area contributed by atoms with E-state index >= 15 is 0 Å². The first kappa shape index (κ1) is 18.4. The zero-order valence-corrected chi connectivity index (χ0v) is 13.7. The maximum atomic E-state index is 12.0. The minimum atomic E-state index is -0.615. The van der Waals surface area contributed by atoms with Gasteiger partial charge in [-0.2, -0.15) is 0 Å². The summed E-state index contributed by atoms with van der Waals surface area (Å²) in [5.74, 6) is -0.166. The lowest BCUT2D eigenvalue weighted by Crippen LogP contribution is -2.53. The summed E-state index contributed by atoms with van der Waals surface area (Å²) in [6.45, 7) is 10.8. The predicted octanol–water partition coefficient (Wildman–Crippen LogP) is 2.43. The number of esters is 1. The molecule has 0 saturated heterocycles. The van der Waals surface area contributed by atoms with Crippen molar-refractivity contribution in [2.75, 3.05) is 20.7 Å². The summed E-state index contributed by atoms with van der Waals surface area (Å²) in [6, 6.07) is 0.853. The summed E-state index contributed by atoms with van der Waals surface area (Å²) in [7, 11) is 3.95. The molecule has 0 heterocycles. The lowest BCUT2D eigenvalue weighted by molar-refractivity contribution is -0.151. The van der Waals surface area contributed by atoms with E-state index in [0.29, 0.717) is 18.7 Å². The van der Waals surface area contributed by atoms with Gasteiger partial charge in [-0.15, -0.1) is 0 Å². The molecule has 0 aliphatic heterocycles. The van der Waals surface area contributed by atoms with Crippen molar-refractivity contribution in [3.63, 3.8) is 0 Å². The first-order valence-electron chi connectivity index (χ1n) is 7.40. The van der Waals surface area contributed by atoms with Crippen LogP contribution in [0.4, 0.5) is 0 Å². The highest BCUT2D eigenvalue weighted by molar-refractivity contribution is 5.80. The number of nitrogens with one attached hydrogen (secondary N) is 1. The van der Waals surface area contributed by atoms with Gasteiger partial charge in [-0.25, -0.2) is 0 Å². The Bertz CT molecular complexity index is 271. The molecule has 3 atom stereocenters. The third kappa shape index (κ3) is 5.49. The molecule has 0 aromatic rings. The van der Waals surface area contributed by atoms with E-state index in [1.54, 1.807) is 0 Å². The van der Waals surface area contributed by atoms with Crippen LogP contribution in [0, 0.1) is 0 Å². The standard InChI is InChI=1S/C15H32N2O2/c1-8-10-12(3)17(7)13(4)11-15(5,16-6)14(18)19-9-2/h12-13,16H,8-11H2,1-7H3. The van der Waals surface area contributed by atoms with Crippen molar-refractivity contribution in [3.8, 4) is 0 Å². The third-order valence-corrected chi connectivity index (χ3v) is 4.08. The maximum absolute atomic E-state index is 12.0. The van der Waals surface area contributed by atoms with E-state index in [1.165, 1.54) is 12.8 Å². The van der Waals surface area contributed by atoms with E-state index in [4.69, 9.17) is 4.74 Å². The van der Waals surface area contributed by atoms with Gasteiger partial charge in [-0.3, -0.25) is 4.79 Å². The molecule has 0 saturated carbocycles. The van der Waals surface area contributed by atoms with Gasteiger partial charge in [0.05, 0.1) is 6.61 Å². The lowest BCUT2D eigenvalue weighted by atomic mass is 9.92. The zero-order chi connectivity index (χ0) is 15.1. The molecule has 0 spiro atoms. The molecule has 3 unspecified atom stereocenters. The molecule has 1 N–H and O–H groups in total. The van der Waals surface area contributed by atoms with E-state index in [-0.39, 0.29) is 5.97 Å². The van der Waals surface area contributed by atoms with Crippen LogP contribution in [0.25, 0.3) is 0 Å². The van der Waals surface area contributed by atoms with Gasteiger partial charge in [0.15, 0.2) is 0 Å². The van der Waals surface area contributed by atoms with E-state index < -0.39 is 5.54 Å². The second-order valence-corrected chi connectivity index (χ2v) is 5.66. The topological polar surface area (TPSA) is 41.6 Å². The largest absolute Gasteiger partial charge is 0.465 e. The highest BCUT2D eigenvalue weighted by atomic mass is 16.5. The Hall–Kier alpha value is -0.610. The Balaban J connectivity index is 4.64. The average Bonchev–Trinajstić information content (AvgIpc) is 2.38. The number of ether oxygens (including phenoxy) is 1. The van der Waals surface area contributed by atoms with Gasteiger partial charge < -0.3 is 15.0 Å². The molecule has 114 valence electrons. The molecule has 0 aliphatic rings. The van der Waals surface area contributed by atoms with Crippen molar-refractivity contribution < 1.29 is 9.53 Å². The Kier molecular flexibility index (Phi) is 8.26. The van der Waals surface area contributed by atoms with Gasteiger partial charge in [-0.1, -0.05) is 13.3 Å². The maximum Gasteiger partial charge on any atom is 0.326 e. The fraction of sp³-hybridized carbons (Fsp3) is 0.933. The fourth-order valence-corrected chi connectivity index (χ4v) is 2.37. The molecular formula is C15H32N2O2. The van der Waals surface area contributed by atoms with Crippen LogP contribution in [0.3, 0.4) is 0 Å². The van der Waals surface area contributed by atoms with Crippen LogP contribution >= 0.6 is 0 Å². The minimum Gasteiger partial charge on any atom is -0.465 e. The zero-order valence-electron chi connectivity index (χ0n) is 13.7. The van der Waals surface area contributed by atoms with Crippen LogP contribution in [0.1, 0.15) is 53.9 Å². The quantitative estimate of drug-likeness (QED) is 0.655. The molecule has 0 radical (unpaired) electrons. The molecular weight excluding hydrogens is 240 g/mol. The van der Waals surface area contributed by atoms with Crippen LogP contribution in [0.15, 0.2) is 0 Å². The van der Waals surface area contributed by atoms with Crippen LogP contribution in [-0.2, 0) is 9.53 Å². The van der Waals surface area contributed by atoms with Crippen LogP contribution in [0.5, 0.6) is 0 Å². The molecule has 0 aromatic carbocycles. The smallest absolute Gasteiger partial charge is 0.326 e. The number of hydrogen-bond donors (Lipinski definition) is 1. The van der Waals surface area contributed by atoms with Crippen LogP contribution in [-0.4, -0.2) is 49.2 Å². The van der Waals surface area contributed by atoms with Crippen LogP contribution < -0.4 is 5.32 Å². The summed E-state index contributed by atoms with van der Waals surface area (Å²) in [4.78, 5) is 14.4. The number of nitrogens with zero attached hydrogens (tertiary/aromatic N) is 1. The summed E-state index contributed by atoms with van der Waals surface area (Å²) in [6.07, 6.45) is 3.10. The Morgan fingerprint density at radius 3 is 2.32 bits per heavy atom. The van der Waals surface area contributed by atoms with Gasteiger partial charge in [-0.05, 0) is 54.6 Å². The van der Waals surface area contributed by atoms with Crippen molar-refractivity contribution in [2.45, 2.75) is 71.5 Å². The Morgan fingerprint density at radius 1 is 1.32 bits per heavy atom. The van der Waals surface area contributed by atoms with Gasteiger partial charge in [0, 0.05) is 12.1 Å². The van der Waals surface area contributed by atoms with E-state index in [0.717, 1.165) is 6.42 Å². The monoisotopic (exact) mass is 272 g/mol. The second kappa shape index (κ2) is 8.54. The van der Waals surface area contributed by atoms with Crippen molar-refractivity contribution in [1.82, 2.24) is 10.2 Å². The number of hydrogen-bond acceptors (Lipinski definition) is 4. The molecule has 0 amide bonds. The number of carbonyl (C=O) groups excluding carboxylic acids is 1. The van der Waals surface area contributed by atoms with E-state index in [2.05, 4.69) is 38.0 Å². The Labute approximate surface area is 118 Å². The summed E-state index contributed by atoms with van der Waals surface area (Å²) in [5.41, 5.74) is -0.615. The number of rotatable bonds is 9. The predicted molar refractivity (Wildman–Crippen MR) is 80.3 cm³/mol. The number of likely N-dealkylation sites (N-methyl/N-ethyl adjacent to an activating group) is 1. The van der Waals surface area contributed by atoms with E-state index in [9.17, 15) is 4.79 Å². The number of carbonyl (C=O) groups is 1. The summed E-state index contributed by atoms with van der Waals surface area (Å²) < 4.78 is 5.17. The third-order valence-electron chi connectivity index (χ3n) is 4.08. The SMILES string of the molecule is CCCC(C)N(C)C(C)CC(C)(NC)C(=O)OCC. The second-order valence-electron chi connectivity index (χ2n) is 5.66. The van der Waals surface area contributed by atoms with Crippen molar-refractivity contribution >= 4 is 5.97 Å². The molecule has 0 rings (SSSR count). The molecule has 4 heteroatoms. The van der Waals surface area contributed by atoms with Crippen molar-refractivity contribution in [2.24, 2.45) is 0 Å². The fourth-order valence-electron chi connectivity index (χ4n) is 2.37. The lowest BCUT2D eigenvalue weighted by Gasteiger charge is -2.36. The highest BCUT2D eigenvalue weighted by Crippen LogP contribution is 2.19. The van der Waals surface area contributed by atoms with Gasteiger partial charge in [0.2, 0.25) is 0 Å². The first-order chi connectivity index (χ1) is 8.82. The summed E-state index contributed by atoms with van der Waals surface area (Å²) >= 11 is 0. The summed E-state index contributed by atoms with van der Waals surface area (Å²) in [5, 5.41) is 3.12. The molecule has 0 aromatic heterocycles. The molecule has 0 bridgehead atoms. The van der Waals surface area contributed by atoms with E-state index in [1.807, 2.05) is 20.9 Å². The Morgan fingerprint density at radius 2 is 1.89 bits per heavy atom. The van der Waals surface area contributed by atoms with Crippen molar-refractivity contribution in [1.29, 1.82) is 0 Å². The normalized spacial score (nSPS) is 17.9. The van der Waals surface area contributed by atoms with Crippen molar-refractivity contribution in [3.05, 3.63) is 0 Å². The van der Waals surface area contributed by atoms with Gasteiger partial charge in [0.25, 0.3) is 0 Å². The molecule has 0 fully saturated rings. The average molecular weight is 272 g/mol. The molecule has 0 aliphatic carbocycles. The minimum absolute atomic E-state index is 0.166. The van der Waals surface area contributed by atoms with Crippen LogP contribution in [0.2, 0.25) is 0 Å².